The Morgan fingerprint density at radius 2 is 2.00 bits per heavy atom. The number of nitrogens with zero attached hydrogens (tertiary/aromatic N) is 3. The molecule has 0 saturated heterocycles. The molecule has 4 nitrogen and oxygen atoms in total. The smallest absolute Gasteiger partial charge is 0.125 e. The lowest BCUT2D eigenvalue weighted by Gasteiger charge is -2.19. The molecule has 4 heteroatoms. The average molecular weight is 301 g/mol. The Morgan fingerprint density at radius 3 is 2.64 bits per heavy atom. The van der Waals surface area contributed by atoms with E-state index in [4.69, 9.17) is 4.74 Å². The zero-order valence-corrected chi connectivity index (χ0v) is 14.4. The van der Waals surface area contributed by atoms with Crippen molar-refractivity contribution in [3.05, 3.63) is 40.7 Å². The van der Waals surface area contributed by atoms with Crippen molar-refractivity contribution in [2.24, 2.45) is 0 Å². The quantitative estimate of drug-likeness (QED) is 0.774. The minimum absolute atomic E-state index is 0.354. The second kappa shape index (κ2) is 7.43. The minimum Gasteiger partial charge on any atom is -0.493 e. The predicted molar refractivity (Wildman–Crippen MR) is 89.5 cm³/mol. The summed E-state index contributed by atoms with van der Waals surface area (Å²) in [6.07, 6.45) is 3.93. The molecule has 2 aromatic rings. The largest absolute Gasteiger partial charge is 0.493 e. The third-order valence-electron chi connectivity index (χ3n) is 3.85. The molecule has 0 aliphatic carbocycles. The highest BCUT2D eigenvalue weighted by Gasteiger charge is 2.17. The third kappa shape index (κ3) is 3.87. The van der Waals surface area contributed by atoms with E-state index >= 15 is 0 Å². The molecular weight excluding hydrogens is 274 g/mol. The van der Waals surface area contributed by atoms with Crippen LogP contribution in [-0.2, 0) is 13.0 Å². The molecule has 0 amide bonds. The van der Waals surface area contributed by atoms with Crippen LogP contribution in [0.1, 0.15) is 55.5 Å². The van der Waals surface area contributed by atoms with Crippen LogP contribution >= 0.6 is 0 Å². The molecule has 2 rings (SSSR count). The van der Waals surface area contributed by atoms with Gasteiger partial charge in [0.2, 0.25) is 0 Å². The summed E-state index contributed by atoms with van der Waals surface area (Å²) in [5.41, 5.74) is 4.81. The van der Waals surface area contributed by atoms with Crippen molar-refractivity contribution < 1.29 is 4.74 Å². The van der Waals surface area contributed by atoms with Crippen molar-refractivity contribution in [2.75, 3.05) is 6.61 Å². The minimum atomic E-state index is 0.354. The van der Waals surface area contributed by atoms with Crippen LogP contribution in [0.3, 0.4) is 0 Å². The molecule has 0 radical (unpaired) electrons. The summed E-state index contributed by atoms with van der Waals surface area (Å²) in [5, 5.41) is 8.39. The first-order valence-electron chi connectivity index (χ1n) is 8.18. The maximum absolute atomic E-state index is 6.02. The third-order valence-corrected chi connectivity index (χ3v) is 3.85. The first-order valence-corrected chi connectivity index (χ1v) is 8.18. The summed E-state index contributed by atoms with van der Waals surface area (Å²) in [4.78, 5) is 0. The molecule has 0 saturated carbocycles. The van der Waals surface area contributed by atoms with Gasteiger partial charge in [-0.25, -0.2) is 0 Å². The normalized spacial score (nSPS) is 12.4. The van der Waals surface area contributed by atoms with Gasteiger partial charge in [-0.3, -0.25) is 4.68 Å². The number of ether oxygens (including phenoxy) is 1. The first-order chi connectivity index (χ1) is 10.5. The Kier molecular flexibility index (Phi) is 5.58. The van der Waals surface area contributed by atoms with Gasteiger partial charge in [-0.05, 0) is 50.7 Å². The van der Waals surface area contributed by atoms with Crippen LogP contribution in [0.5, 0.6) is 5.75 Å². The lowest BCUT2D eigenvalue weighted by molar-refractivity contribution is 0.310. The second-order valence-corrected chi connectivity index (χ2v) is 6.02. The van der Waals surface area contributed by atoms with Crippen molar-refractivity contribution in [1.82, 2.24) is 15.0 Å². The van der Waals surface area contributed by atoms with Gasteiger partial charge in [-0.1, -0.05) is 36.8 Å². The van der Waals surface area contributed by atoms with E-state index in [0.717, 1.165) is 37.4 Å². The predicted octanol–water partition coefficient (Wildman–Crippen LogP) is 4.05. The standard InChI is InChI=1S/C18H27N3O/c1-6-8-22-18-15(5)9-13(3)10-17(18)14(4)11-16-12-21(7-2)20-19-16/h9-10,12,14H,6-8,11H2,1-5H3. The van der Waals surface area contributed by atoms with Crippen molar-refractivity contribution >= 4 is 0 Å². The second-order valence-electron chi connectivity index (χ2n) is 6.02. The van der Waals surface area contributed by atoms with E-state index in [0.29, 0.717) is 5.92 Å². The lowest BCUT2D eigenvalue weighted by Crippen LogP contribution is -2.06. The van der Waals surface area contributed by atoms with E-state index in [1.165, 1.54) is 16.7 Å². The molecular formula is C18H27N3O. The van der Waals surface area contributed by atoms with Gasteiger partial charge in [0.1, 0.15) is 5.75 Å². The fourth-order valence-electron chi connectivity index (χ4n) is 2.76. The molecule has 1 atom stereocenters. The first kappa shape index (κ1) is 16.5. The summed E-state index contributed by atoms with van der Waals surface area (Å²) < 4.78 is 7.89. The van der Waals surface area contributed by atoms with Gasteiger partial charge in [-0.2, -0.15) is 0 Å². The molecule has 0 fully saturated rings. The molecule has 0 spiro atoms. The molecule has 0 aliphatic rings. The van der Waals surface area contributed by atoms with E-state index < -0.39 is 0 Å². The van der Waals surface area contributed by atoms with Gasteiger partial charge in [-0.15, -0.1) is 5.10 Å². The summed E-state index contributed by atoms with van der Waals surface area (Å²) in [7, 11) is 0. The van der Waals surface area contributed by atoms with Gasteiger partial charge in [0.05, 0.1) is 12.3 Å². The molecule has 1 heterocycles. The van der Waals surface area contributed by atoms with Crippen LogP contribution in [-0.4, -0.2) is 21.6 Å². The molecule has 1 aromatic heterocycles. The SMILES string of the molecule is CCCOc1c(C)cc(C)cc1C(C)Cc1cn(CC)nn1. The Morgan fingerprint density at radius 1 is 1.23 bits per heavy atom. The zero-order chi connectivity index (χ0) is 16.1. The zero-order valence-electron chi connectivity index (χ0n) is 14.4. The van der Waals surface area contributed by atoms with Crippen LogP contribution in [0.15, 0.2) is 18.3 Å². The number of hydrogen-bond acceptors (Lipinski definition) is 3. The monoisotopic (exact) mass is 301 g/mol. The molecule has 0 bridgehead atoms. The Hall–Kier alpha value is -1.84. The Labute approximate surface area is 133 Å². The topological polar surface area (TPSA) is 39.9 Å². The maximum atomic E-state index is 6.02. The van der Waals surface area contributed by atoms with E-state index in [1.807, 2.05) is 10.9 Å². The van der Waals surface area contributed by atoms with Crippen LogP contribution < -0.4 is 4.74 Å². The summed E-state index contributed by atoms with van der Waals surface area (Å²) in [5.74, 6) is 1.40. The molecule has 22 heavy (non-hydrogen) atoms. The van der Waals surface area contributed by atoms with E-state index in [-0.39, 0.29) is 0 Å². The number of rotatable bonds is 7. The number of aryl methyl sites for hydroxylation is 3. The van der Waals surface area contributed by atoms with Gasteiger partial charge in [0.25, 0.3) is 0 Å². The van der Waals surface area contributed by atoms with Crippen molar-refractivity contribution in [3.8, 4) is 5.75 Å². The Balaban J connectivity index is 2.24. The van der Waals surface area contributed by atoms with E-state index in [2.05, 4.69) is 57.1 Å². The van der Waals surface area contributed by atoms with Gasteiger partial charge in [0.15, 0.2) is 0 Å². The van der Waals surface area contributed by atoms with Crippen molar-refractivity contribution in [2.45, 2.75) is 59.9 Å². The lowest BCUT2D eigenvalue weighted by atomic mass is 9.92. The van der Waals surface area contributed by atoms with E-state index in [9.17, 15) is 0 Å². The molecule has 0 aliphatic heterocycles. The van der Waals surface area contributed by atoms with Crippen molar-refractivity contribution in [3.63, 3.8) is 0 Å². The fourth-order valence-corrected chi connectivity index (χ4v) is 2.76. The number of hydrogen-bond donors (Lipinski definition) is 0. The van der Waals surface area contributed by atoms with Gasteiger partial charge < -0.3 is 4.74 Å². The molecule has 120 valence electrons. The number of benzene rings is 1. The van der Waals surface area contributed by atoms with Crippen LogP contribution in [0.25, 0.3) is 0 Å². The number of aromatic nitrogens is 3. The Bertz CT molecular complexity index is 619. The highest BCUT2D eigenvalue weighted by molar-refractivity contribution is 5.46. The van der Waals surface area contributed by atoms with Gasteiger partial charge in [0, 0.05) is 12.7 Å². The average Bonchev–Trinajstić information content (AvgIpc) is 2.93. The van der Waals surface area contributed by atoms with Gasteiger partial charge >= 0.3 is 0 Å². The molecule has 0 N–H and O–H groups in total. The van der Waals surface area contributed by atoms with Crippen LogP contribution in [0.4, 0.5) is 0 Å². The summed E-state index contributed by atoms with van der Waals surface area (Å²) in [6.45, 7) is 12.3. The van der Waals surface area contributed by atoms with Crippen molar-refractivity contribution in [1.29, 1.82) is 0 Å². The molecule has 1 unspecified atom stereocenters. The van der Waals surface area contributed by atoms with Crippen LogP contribution in [0.2, 0.25) is 0 Å². The van der Waals surface area contributed by atoms with E-state index in [1.54, 1.807) is 0 Å². The molecule has 1 aromatic carbocycles. The highest BCUT2D eigenvalue weighted by atomic mass is 16.5. The fraction of sp³-hybridized carbons (Fsp3) is 0.556. The summed E-state index contributed by atoms with van der Waals surface area (Å²) in [6, 6.07) is 4.43. The highest BCUT2D eigenvalue weighted by Crippen LogP contribution is 2.33. The summed E-state index contributed by atoms with van der Waals surface area (Å²) >= 11 is 0. The van der Waals surface area contributed by atoms with Crippen LogP contribution in [0, 0.1) is 13.8 Å². The maximum Gasteiger partial charge on any atom is 0.125 e.